The van der Waals surface area contributed by atoms with Crippen molar-refractivity contribution >= 4 is 11.8 Å². The minimum Gasteiger partial charge on any atom is -0.508 e. The summed E-state index contributed by atoms with van der Waals surface area (Å²) in [6.45, 7) is 4.10. The zero-order chi connectivity index (χ0) is 17.7. The van der Waals surface area contributed by atoms with Crippen molar-refractivity contribution in [1.82, 2.24) is 0 Å². The fourth-order valence-electron chi connectivity index (χ4n) is 2.67. The largest absolute Gasteiger partial charge is 0.508 e. The zero-order valence-electron chi connectivity index (χ0n) is 13.8. The molecule has 24 heavy (non-hydrogen) atoms. The van der Waals surface area contributed by atoms with Crippen molar-refractivity contribution in [3.63, 3.8) is 0 Å². The molecule has 130 valence electrons. The fraction of sp³-hybridized carbons (Fsp3) is 0.444. The molecule has 0 saturated carbocycles. The van der Waals surface area contributed by atoms with E-state index in [2.05, 4.69) is 0 Å². The second-order valence-electron chi connectivity index (χ2n) is 5.97. The molecule has 1 aromatic rings. The van der Waals surface area contributed by atoms with E-state index in [9.17, 15) is 19.8 Å². The number of phenols is 2. The summed E-state index contributed by atoms with van der Waals surface area (Å²) in [4.78, 5) is 24.4. The quantitative estimate of drug-likeness (QED) is 0.708. The molecule has 6 heteroatoms. The molecule has 0 aliphatic carbocycles. The van der Waals surface area contributed by atoms with Gasteiger partial charge in [0.05, 0.1) is 12.7 Å². The zero-order valence-corrected chi connectivity index (χ0v) is 13.8. The van der Waals surface area contributed by atoms with Gasteiger partial charge in [-0.05, 0) is 38.0 Å². The van der Waals surface area contributed by atoms with E-state index in [1.807, 2.05) is 6.92 Å². The Labute approximate surface area is 140 Å². The van der Waals surface area contributed by atoms with E-state index in [-0.39, 0.29) is 35.2 Å². The molecule has 0 amide bonds. The molecule has 0 aromatic heterocycles. The molecule has 2 rings (SSSR count). The molecule has 1 aliphatic rings. The first-order valence-electron chi connectivity index (χ1n) is 7.93. The first-order chi connectivity index (χ1) is 11.4. The average molecular weight is 334 g/mol. The number of ketones is 1. The molecule has 1 heterocycles. The van der Waals surface area contributed by atoms with Crippen LogP contribution in [0.5, 0.6) is 11.5 Å². The molecule has 0 fully saturated rings. The molecule has 2 atom stereocenters. The Morgan fingerprint density at radius 3 is 2.62 bits per heavy atom. The highest BCUT2D eigenvalue weighted by Gasteiger charge is 2.23. The Hall–Kier alpha value is -2.34. The van der Waals surface area contributed by atoms with Crippen LogP contribution in [0.15, 0.2) is 24.3 Å². The van der Waals surface area contributed by atoms with Gasteiger partial charge < -0.3 is 19.7 Å². The van der Waals surface area contributed by atoms with Crippen LogP contribution < -0.4 is 0 Å². The van der Waals surface area contributed by atoms with Gasteiger partial charge in [-0.2, -0.15) is 0 Å². The second kappa shape index (κ2) is 7.97. The molecule has 0 unspecified atom stereocenters. The maximum Gasteiger partial charge on any atom is 0.342 e. The van der Waals surface area contributed by atoms with Crippen molar-refractivity contribution in [2.24, 2.45) is 0 Å². The number of cyclic esters (lactones) is 1. The van der Waals surface area contributed by atoms with Crippen LogP contribution in [0.3, 0.4) is 0 Å². The van der Waals surface area contributed by atoms with E-state index < -0.39 is 17.8 Å². The Morgan fingerprint density at radius 1 is 1.12 bits per heavy atom. The van der Waals surface area contributed by atoms with Gasteiger partial charge >= 0.3 is 5.97 Å². The average Bonchev–Trinajstić information content (AvgIpc) is 2.44. The van der Waals surface area contributed by atoms with Crippen molar-refractivity contribution in [1.29, 1.82) is 0 Å². The minimum atomic E-state index is -0.726. The number of ether oxygens (including phenoxy) is 2. The monoisotopic (exact) mass is 334 g/mol. The molecule has 6 nitrogen and oxygen atoms in total. The Bertz CT molecular complexity index is 649. The number of carbonyl (C=O) groups is 2. The summed E-state index contributed by atoms with van der Waals surface area (Å²) in [5, 5.41) is 19.7. The lowest BCUT2D eigenvalue weighted by Crippen LogP contribution is -2.23. The van der Waals surface area contributed by atoms with Crippen LogP contribution in [0.1, 0.15) is 42.6 Å². The molecule has 0 spiro atoms. The van der Waals surface area contributed by atoms with E-state index in [0.717, 1.165) is 6.07 Å². The lowest BCUT2D eigenvalue weighted by Gasteiger charge is -2.20. The maximum atomic E-state index is 12.4. The van der Waals surface area contributed by atoms with Crippen LogP contribution in [0, 0.1) is 0 Å². The van der Waals surface area contributed by atoms with Gasteiger partial charge in [0.25, 0.3) is 0 Å². The number of aromatic hydroxyl groups is 2. The van der Waals surface area contributed by atoms with Gasteiger partial charge in [0.2, 0.25) is 0 Å². The topological polar surface area (TPSA) is 93.1 Å². The van der Waals surface area contributed by atoms with Gasteiger partial charge in [-0.3, -0.25) is 4.79 Å². The predicted molar refractivity (Wildman–Crippen MR) is 87.1 cm³/mol. The van der Waals surface area contributed by atoms with Gasteiger partial charge in [0, 0.05) is 18.9 Å². The highest BCUT2D eigenvalue weighted by molar-refractivity contribution is 5.98. The summed E-state index contributed by atoms with van der Waals surface area (Å²) in [6.07, 6.45) is 3.61. The van der Waals surface area contributed by atoms with E-state index in [4.69, 9.17) is 9.47 Å². The van der Waals surface area contributed by atoms with Gasteiger partial charge in [0.15, 0.2) is 5.78 Å². The summed E-state index contributed by atoms with van der Waals surface area (Å²) in [5.74, 6) is -1.59. The number of carbonyl (C=O) groups excluding carboxylic acids is 2. The lowest BCUT2D eigenvalue weighted by molar-refractivity contribution is -0.114. The van der Waals surface area contributed by atoms with Crippen LogP contribution >= 0.6 is 0 Å². The van der Waals surface area contributed by atoms with Crippen molar-refractivity contribution in [2.45, 2.75) is 45.3 Å². The summed E-state index contributed by atoms with van der Waals surface area (Å²) in [5.41, 5.74) is 0.146. The molecule has 0 bridgehead atoms. The highest BCUT2D eigenvalue weighted by atomic mass is 16.5. The Morgan fingerprint density at radius 2 is 1.88 bits per heavy atom. The molecular formula is C18H22O6. The minimum absolute atomic E-state index is 0.0907. The molecule has 1 aromatic carbocycles. The van der Waals surface area contributed by atoms with Crippen LogP contribution in [0.4, 0.5) is 0 Å². The van der Waals surface area contributed by atoms with Gasteiger partial charge in [-0.1, -0.05) is 6.08 Å². The normalized spacial score (nSPS) is 24.6. The molecular weight excluding hydrogens is 312 g/mol. The predicted octanol–water partition coefficient (Wildman–Crippen LogP) is 2.51. The SMILES string of the molecule is C[C@@H]1C[C@H](C)OC(=O)c2c(O)cc(O)cc2CC(=O)/C=C/CCO1. The van der Waals surface area contributed by atoms with E-state index in [1.54, 1.807) is 13.0 Å². The summed E-state index contributed by atoms with van der Waals surface area (Å²) < 4.78 is 11.0. The Kier molecular flexibility index (Phi) is 5.98. The lowest BCUT2D eigenvalue weighted by atomic mass is 10.00. The van der Waals surface area contributed by atoms with E-state index in [1.165, 1.54) is 12.1 Å². The van der Waals surface area contributed by atoms with Crippen molar-refractivity contribution in [2.75, 3.05) is 6.61 Å². The smallest absolute Gasteiger partial charge is 0.342 e. The number of benzene rings is 1. The number of esters is 1. The fourth-order valence-corrected chi connectivity index (χ4v) is 2.67. The molecule has 0 saturated heterocycles. The maximum absolute atomic E-state index is 12.4. The van der Waals surface area contributed by atoms with Crippen LogP contribution in [-0.4, -0.2) is 40.8 Å². The first kappa shape index (κ1) is 18.0. The van der Waals surface area contributed by atoms with Gasteiger partial charge in [-0.25, -0.2) is 4.79 Å². The van der Waals surface area contributed by atoms with E-state index >= 15 is 0 Å². The summed E-state index contributed by atoms with van der Waals surface area (Å²) in [6, 6.07) is 2.35. The first-order valence-corrected chi connectivity index (χ1v) is 7.93. The Balaban J connectivity index is 2.37. The van der Waals surface area contributed by atoms with Crippen molar-refractivity contribution in [3.05, 3.63) is 35.4 Å². The number of fused-ring (bicyclic) bond motifs is 1. The molecule has 0 radical (unpaired) electrons. The van der Waals surface area contributed by atoms with Crippen molar-refractivity contribution in [3.8, 4) is 11.5 Å². The van der Waals surface area contributed by atoms with Gasteiger partial charge in [-0.15, -0.1) is 0 Å². The summed E-state index contributed by atoms with van der Waals surface area (Å²) in [7, 11) is 0. The van der Waals surface area contributed by atoms with Crippen LogP contribution in [0.2, 0.25) is 0 Å². The second-order valence-corrected chi connectivity index (χ2v) is 5.97. The van der Waals surface area contributed by atoms with Crippen LogP contribution in [0.25, 0.3) is 0 Å². The third kappa shape index (κ3) is 4.83. The van der Waals surface area contributed by atoms with Crippen LogP contribution in [-0.2, 0) is 20.7 Å². The molecule has 1 aliphatic heterocycles. The summed E-state index contributed by atoms with van der Waals surface area (Å²) >= 11 is 0. The number of rotatable bonds is 0. The number of hydrogen-bond acceptors (Lipinski definition) is 6. The highest BCUT2D eigenvalue weighted by Crippen LogP contribution is 2.29. The third-order valence-corrected chi connectivity index (χ3v) is 3.72. The van der Waals surface area contributed by atoms with E-state index in [0.29, 0.717) is 19.4 Å². The molecule has 2 N–H and O–H groups in total. The number of allylic oxidation sites excluding steroid dienone is 1. The van der Waals surface area contributed by atoms with Gasteiger partial charge in [0.1, 0.15) is 23.2 Å². The third-order valence-electron chi connectivity index (χ3n) is 3.72. The standard InChI is InChI=1S/C18H22O6/c1-11-7-12(2)24-18(22)17-13(9-15(20)10-16(17)21)8-14(19)5-3-4-6-23-11/h3,5,9-12,20-21H,4,6-8H2,1-2H3/b5-3+/t11-,12+/m1/s1. The van der Waals surface area contributed by atoms with Crippen molar-refractivity contribution < 1.29 is 29.3 Å². The number of hydrogen-bond donors (Lipinski definition) is 2. The number of phenolic OH excluding ortho intramolecular Hbond substituents is 2.